The number of fused-ring (bicyclic) bond motifs is 1. The Morgan fingerprint density at radius 3 is 2.58 bits per heavy atom. The molecule has 19 heavy (non-hydrogen) atoms. The van der Waals surface area contributed by atoms with Crippen LogP contribution < -0.4 is 4.90 Å². The van der Waals surface area contributed by atoms with Crippen molar-refractivity contribution in [2.24, 2.45) is 0 Å². The van der Waals surface area contributed by atoms with E-state index in [0.717, 1.165) is 4.88 Å². The minimum Gasteiger partial charge on any atom is -0.299 e. The van der Waals surface area contributed by atoms with Crippen LogP contribution in [0.3, 0.4) is 0 Å². The summed E-state index contributed by atoms with van der Waals surface area (Å²) in [6.45, 7) is 0.329. The molecule has 2 heterocycles. The van der Waals surface area contributed by atoms with Crippen LogP contribution in [0.5, 0.6) is 0 Å². The molecule has 1 aromatic heterocycles. The number of hydrogen-bond donors (Lipinski definition) is 0. The zero-order valence-electron chi connectivity index (χ0n) is 9.52. The van der Waals surface area contributed by atoms with Crippen molar-refractivity contribution in [3.63, 3.8) is 0 Å². The fraction of sp³-hybridized carbons (Fsp3) is 0.0769. The van der Waals surface area contributed by atoms with Crippen LogP contribution in [0.4, 0.5) is 5.69 Å². The zero-order chi connectivity index (χ0) is 13.6. The maximum absolute atomic E-state index is 12.0. The first-order valence-corrected chi connectivity index (χ1v) is 7.04. The molecule has 0 spiro atoms. The molecule has 2 aromatic rings. The Bertz CT molecular complexity index is 696. The fourth-order valence-electron chi connectivity index (χ4n) is 2.05. The first kappa shape index (κ1) is 12.7. The number of amides is 1. The van der Waals surface area contributed by atoms with Gasteiger partial charge in [-0.3, -0.25) is 14.5 Å². The number of nitrogens with zero attached hydrogens (tertiary/aromatic N) is 1. The average Bonchev–Trinajstić information content (AvgIpc) is 2.88. The lowest BCUT2D eigenvalue weighted by molar-refractivity contribution is -0.114. The van der Waals surface area contributed by atoms with Gasteiger partial charge in [-0.15, -0.1) is 11.3 Å². The molecule has 0 fully saturated rings. The average molecular weight is 312 g/mol. The molecular formula is C13H7Cl2NO2S. The minimum atomic E-state index is -0.553. The summed E-state index contributed by atoms with van der Waals surface area (Å²) >= 11 is 13.2. The van der Waals surface area contributed by atoms with Crippen molar-refractivity contribution in [1.29, 1.82) is 0 Å². The molecule has 6 heteroatoms. The Hall–Kier alpha value is -1.36. The molecule has 3 nitrogen and oxygen atoms in total. The van der Waals surface area contributed by atoms with Gasteiger partial charge in [0.2, 0.25) is 0 Å². The predicted molar refractivity (Wildman–Crippen MR) is 76.3 cm³/mol. The summed E-state index contributed by atoms with van der Waals surface area (Å²) < 4.78 is 0.652. The third-order valence-electron chi connectivity index (χ3n) is 2.89. The number of halogens is 2. The van der Waals surface area contributed by atoms with E-state index in [2.05, 4.69) is 0 Å². The smallest absolute Gasteiger partial charge is 0.299 e. The number of ketones is 1. The molecule has 1 amide bonds. The van der Waals surface area contributed by atoms with E-state index >= 15 is 0 Å². The van der Waals surface area contributed by atoms with Crippen LogP contribution in [0.1, 0.15) is 15.2 Å². The highest BCUT2D eigenvalue weighted by Crippen LogP contribution is 2.36. The summed E-state index contributed by atoms with van der Waals surface area (Å²) in [6, 6.07) is 8.66. The lowest BCUT2D eigenvalue weighted by atomic mass is 10.1. The molecule has 0 radical (unpaired) electrons. The van der Waals surface area contributed by atoms with Gasteiger partial charge in [-0.25, -0.2) is 0 Å². The van der Waals surface area contributed by atoms with Gasteiger partial charge in [-0.2, -0.15) is 0 Å². The third-order valence-corrected chi connectivity index (χ3v) is 4.42. The van der Waals surface area contributed by atoms with Crippen molar-refractivity contribution >= 4 is 51.9 Å². The van der Waals surface area contributed by atoms with Crippen molar-refractivity contribution in [2.75, 3.05) is 4.90 Å². The zero-order valence-corrected chi connectivity index (χ0v) is 11.9. The van der Waals surface area contributed by atoms with E-state index in [4.69, 9.17) is 23.2 Å². The first-order chi connectivity index (χ1) is 9.08. The van der Waals surface area contributed by atoms with Gasteiger partial charge in [0.25, 0.3) is 11.7 Å². The van der Waals surface area contributed by atoms with Gasteiger partial charge in [0, 0.05) is 4.88 Å². The number of carbonyl (C=O) groups is 2. The lowest BCUT2D eigenvalue weighted by Crippen LogP contribution is -2.28. The second-order valence-corrected chi connectivity index (χ2v) is 6.27. The molecule has 1 aromatic carbocycles. The number of hydrogen-bond acceptors (Lipinski definition) is 3. The van der Waals surface area contributed by atoms with Crippen molar-refractivity contribution in [3.05, 3.63) is 50.1 Å². The van der Waals surface area contributed by atoms with Crippen molar-refractivity contribution < 1.29 is 9.59 Å². The van der Waals surface area contributed by atoms with E-state index < -0.39 is 11.7 Å². The van der Waals surface area contributed by atoms with Crippen LogP contribution >= 0.6 is 34.5 Å². The number of Topliss-reactive ketones (excluding diaryl/α,β-unsaturated/α-hetero) is 1. The third kappa shape index (κ3) is 2.06. The summed E-state index contributed by atoms with van der Waals surface area (Å²) in [4.78, 5) is 26.3. The normalized spacial score (nSPS) is 14.1. The molecule has 0 atom stereocenters. The molecule has 0 saturated carbocycles. The van der Waals surface area contributed by atoms with Crippen molar-refractivity contribution in [3.8, 4) is 0 Å². The van der Waals surface area contributed by atoms with E-state index in [0.29, 0.717) is 21.6 Å². The SMILES string of the molecule is O=C1C(=O)N(Cc2ccc(Cl)s2)c2cccc(Cl)c21. The van der Waals surface area contributed by atoms with Gasteiger partial charge < -0.3 is 0 Å². The van der Waals surface area contributed by atoms with Gasteiger partial charge in [0.05, 0.1) is 27.2 Å². The summed E-state index contributed by atoms with van der Waals surface area (Å²) in [5.41, 5.74) is 0.851. The van der Waals surface area contributed by atoms with Gasteiger partial charge in [0.1, 0.15) is 0 Å². The Balaban J connectivity index is 2.02. The molecule has 3 rings (SSSR count). The van der Waals surface area contributed by atoms with E-state index in [1.165, 1.54) is 16.2 Å². The van der Waals surface area contributed by atoms with Gasteiger partial charge >= 0.3 is 0 Å². The Kier molecular flexibility index (Phi) is 3.09. The maximum atomic E-state index is 12.0. The molecule has 0 unspecified atom stereocenters. The second-order valence-electron chi connectivity index (χ2n) is 4.06. The number of rotatable bonds is 2. The van der Waals surface area contributed by atoms with Gasteiger partial charge in [-0.1, -0.05) is 29.3 Å². The van der Waals surface area contributed by atoms with Crippen LogP contribution in [0.2, 0.25) is 9.36 Å². The van der Waals surface area contributed by atoms with Crippen LogP contribution in [0.25, 0.3) is 0 Å². The molecule has 0 saturated heterocycles. The molecule has 1 aliphatic heterocycles. The number of carbonyl (C=O) groups excluding carboxylic acids is 2. The largest absolute Gasteiger partial charge is 0.299 e. The molecule has 1 aliphatic rings. The maximum Gasteiger partial charge on any atom is 0.299 e. The number of benzene rings is 1. The van der Waals surface area contributed by atoms with E-state index in [-0.39, 0.29) is 5.56 Å². The highest BCUT2D eigenvalue weighted by molar-refractivity contribution is 7.16. The summed E-state index contributed by atoms with van der Waals surface area (Å²) in [5.74, 6) is -1.10. The monoisotopic (exact) mass is 311 g/mol. The van der Waals surface area contributed by atoms with E-state index in [1.807, 2.05) is 6.07 Å². The minimum absolute atomic E-state index is 0.289. The Labute approximate surface area is 123 Å². The quantitative estimate of drug-likeness (QED) is 0.791. The number of anilines is 1. The van der Waals surface area contributed by atoms with E-state index in [1.54, 1.807) is 24.3 Å². The molecule has 96 valence electrons. The molecule has 0 aliphatic carbocycles. The first-order valence-electron chi connectivity index (χ1n) is 5.47. The summed E-state index contributed by atoms with van der Waals surface area (Å²) in [6.07, 6.45) is 0. The van der Waals surface area contributed by atoms with Crippen LogP contribution in [0.15, 0.2) is 30.3 Å². The second kappa shape index (κ2) is 4.63. The molecule has 0 N–H and O–H groups in total. The molecular weight excluding hydrogens is 305 g/mol. The fourth-order valence-corrected chi connectivity index (χ4v) is 3.38. The van der Waals surface area contributed by atoms with Crippen molar-refractivity contribution in [2.45, 2.75) is 6.54 Å². The summed E-state index contributed by atoms with van der Waals surface area (Å²) in [7, 11) is 0. The Morgan fingerprint density at radius 2 is 1.89 bits per heavy atom. The Morgan fingerprint density at radius 1 is 1.11 bits per heavy atom. The standard InChI is InChI=1S/C13H7Cl2NO2S/c14-8-2-1-3-9-11(8)12(17)13(18)16(9)6-7-4-5-10(15)19-7/h1-5H,6H2. The van der Waals surface area contributed by atoms with Crippen molar-refractivity contribution in [1.82, 2.24) is 0 Å². The van der Waals surface area contributed by atoms with E-state index in [9.17, 15) is 9.59 Å². The van der Waals surface area contributed by atoms with Gasteiger partial charge in [0.15, 0.2) is 0 Å². The number of thiophene rings is 1. The van der Waals surface area contributed by atoms with Crippen LogP contribution in [0, 0.1) is 0 Å². The summed E-state index contributed by atoms with van der Waals surface area (Å²) in [5, 5.41) is 0.308. The highest BCUT2D eigenvalue weighted by Gasteiger charge is 2.37. The van der Waals surface area contributed by atoms with Crippen LogP contribution in [-0.2, 0) is 11.3 Å². The highest BCUT2D eigenvalue weighted by atomic mass is 35.5. The molecule has 0 bridgehead atoms. The van der Waals surface area contributed by atoms with Gasteiger partial charge in [-0.05, 0) is 24.3 Å². The topological polar surface area (TPSA) is 37.4 Å². The predicted octanol–water partition coefficient (Wildman–Crippen LogP) is 3.78. The lowest BCUT2D eigenvalue weighted by Gasteiger charge is -2.15. The van der Waals surface area contributed by atoms with Crippen LogP contribution in [-0.4, -0.2) is 11.7 Å².